The second-order valence-electron chi connectivity index (χ2n) is 4.69. The van der Waals surface area contributed by atoms with Crippen LogP contribution in [0.3, 0.4) is 0 Å². The number of rotatable bonds is 2. The van der Waals surface area contributed by atoms with Crippen molar-refractivity contribution in [2.45, 2.75) is 31.7 Å². The van der Waals surface area contributed by atoms with E-state index in [9.17, 15) is 0 Å². The third kappa shape index (κ3) is 2.28. The number of nitrogens with zero attached hydrogens (tertiary/aromatic N) is 4. The van der Waals surface area contributed by atoms with Gasteiger partial charge in [-0.15, -0.1) is 0 Å². The fourth-order valence-corrected chi connectivity index (χ4v) is 2.26. The van der Waals surface area contributed by atoms with Crippen LogP contribution < -0.4 is 5.32 Å². The summed E-state index contributed by atoms with van der Waals surface area (Å²) in [5.41, 5.74) is 0.727. The van der Waals surface area contributed by atoms with Crippen LogP contribution in [0.1, 0.15) is 37.5 Å². The van der Waals surface area contributed by atoms with Crippen molar-refractivity contribution in [2.24, 2.45) is 7.05 Å². The molecule has 96 valence electrons. The van der Waals surface area contributed by atoms with E-state index in [1.807, 2.05) is 19.3 Å². The highest BCUT2D eigenvalue weighted by molar-refractivity contribution is 5.44. The van der Waals surface area contributed by atoms with Crippen molar-refractivity contribution in [1.29, 1.82) is 0 Å². The second-order valence-corrected chi connectivity index (χ2v) is 4.69. The van der Waals surface area contributed by atoms with E-state index in [2.05, 4.69) is 20.6 Å². The minimum atomic E-state index is 0.216. The van der Waals surface area contributed by atoms with Gasteiger partial charge in [0.05, 0.1) is 6.04 Å². The highest BCUT2D eigenvalue weighted by atomic mass is 16.5. The first-order valence-electron chi connectivity index (χ1n) is 6.40. The summed E-state index contributed by atoms with van der Waals surface area (Å²) in [7, 11) is 1.87. The van der Waals surface area contributed by atoms with E-state index in [-0.39, 0.29) is 6.04 Å². The Labute approximate surface area is 105 Å². The van der Waals surface area contributed by atoms with Crippen molar-refractivity contribution in [2.75, 3.05) is 6.54 Å². The molecule has 18 heavy (non-hydrogen) atoms. The lowest BCUT2D eigenvalue weighted by molar-refractivity contribution is 0.401. The van der Waals surface area contributed by atoms with Crippen molar-refractivity contribution >= 4 is 0 Å². The summed E-state index contributed by atoms with van der Waals surface area (Å²) in [5, 5.41) is 11.8. The molecule has 2 aromatic rings. The van der Waals surface area contributed by atoms with Crippen molar-refractivity contribution in [3.05, 3.63) is 18.1 Å². The highest BCUT2D eigenvalue weighted by Gasteiger charge is 2.20. The topological polar surface area (TPSA) is 68.8 Å². The molecule has 3 heterocycles. The smallest absolute Gasteiger partial charge is 0.278 e. The molecule has 1 aliphatic rings. The van der Waals surface area contributed by atoms with Gasteiger partial charge in [-0.3, -0.25) is 4.68 Å². The Kier molecular flexibility index (Phi) is 3.10. The van der Waals surface area contributed by atoms with E-state index in [0.717, 1.165) is 24.5 Å². The Balaban J connectivity index is 1.80. The molecule has 2 aromatic heterocycles. The first kappa shape index (κ1) is 11.4. The van der Waals surface area contributed by atoms with Gasteiger partial charge in [0.15, 0.2) is 11.5 Å². The van der Waals surface area contributed by atoms with E-state index in [1.165, 1.54) is 19.3 Å². The predicted molar refractivity (Wildman–Crippen MR) is 65.7 cm³/mol. The zero-order valence-electron chi connectivity index (χ0n) is 10.5. The molecule has 1 saturated heterocycles. The molecule has 1 fully saturated rings. The van der Waals surface area contributed by atoms with Crippen LogP contribution in [0.25, 0.3) is 11.6 Å². The Bertz CT molecular complexity index is 510. The van der Waals surface area contributed by atoms with Gasteiger partial charge >= 0.3 is 0 Å². The number of hydrogen-bond donors (Lipinski definition) is 1. The Morgan fingerprint density at radius 2 is 2.33 bits per heavy atom. The van der Waals surface area contributed by atoms with Crippen molar-refractivity contribution in [3.8, 4) is 11.6 Å². The summed E-state index contributed by atoms with van der Waals surface area (Å²) >= 11 is 0. The van der Waals surface area contributed by atoms with Crippen molar-refractivity contribution < 1.29 is 4.52 Å². The SMILES string of the molecule is Cn1ccc(-c2nc(C3CCCCCN3)no2)n1. The maximum atomic E-state index is 5.28. The summed E-state index contributed by atoms with van der Waals surface area (Å²) < 4.78 is 7.01. The van der Waals surface area contributed by atoms with Crippen molar-refractivity contribution in [1.82, 2.24) is 25.2 Å². The van der Waals surface area contributed by atoms with Gasteiger partial charge in [-0.1, -0.05) is 18.0 Å². The zero-order valence-corrected chi connectivity index (χ0v) is 10.5. The number of hydrogen-bond acceptors (Lipinski definition) is 5. The molecule has 0 radical (unpaired) electrons. The van der Waals surface area contributed by atoms with Crippen LogP contribution in [-0.2, 0) is 7.05 Å². The Morgan fingerprint density at radius 1 is 1.39 bits per heavy atom. The van der Waals surface area contributed by atoms with E-state index in [0.29, 0.717) is 5.89 Å². The molecule has 3 rings (SSSR count). The van der Waals surface area contributed by atoms with E-state index >= 15 is 0 Å². The quantitative estimate of drug-likeness (QED) is 0.874. The third-order valence-corrected chi connectivity index (χ3v) is 3.25. The summed E-state index contributed by atoms with van der Waals surface area (Å²) in [5.74, 6) is 1.24. The van der Waals surface area contributed by atoms with Gasteiger partial charge < -0.3 is 9.84 Å². The lowest BCUT2D eigenvalue weighted by Crippen LogP contribution is -2.21. The summed E-state index contributed by atoms with van der Waals surface area (Å²) in [6.07, 6.45) is 6.64. The molecular weight excluding hydrogens is 230 g/mol. The zero-order chi connectivity index (χ0) is 12.4. The van der Waals surface area contributed by atoms with Gasteiger partial charge in [0.2, 0.25) is 0 Å². The van der Waals surface area contributed by atoms with Gasteiger partial charge in [-0.05, 0) is 25.5 Å². The Morgan fingerprint density at radius 3 is 3.17 bits per heavy atom. The number of aryl methyl sites for hydroxylation is 1. The van der Waals surface area contributed by atoms with Crippen molar-refractivity contribution in [3.63, 3.8) is 0 Å². The average Bonchev–Trinajstić information content (AvgIpc) is 2.92. The highest BCUT2D eigenvalue weighted by Crippen LogP contribution is 2.22. The minimum Gasteiger partial charge on any atom is -0.332 e. The molecule has 1 atom stereocenters. The van der Waals surface area contributed by atoms with Crippen LogP contribution >= 0.6 is 0 Å². The van der Waals surface area contributed by atoms with E-state index in [4.69, 9.17) is 4.52 Å². The summed E-state index contributed by atoms with van der Waals surface area (Å²) in [6, 6.07) is 2.09. The van der Waals surface area contributed by atoms with Crippen LogP contribution in [-0.4, -0.2) is 26.5 Å². The maximum Gasteiger partial charge on any atom is 0.278 e. The first-order valence-corrected chi connectivity index (χ1v) is 6.40. The van der Waals surface area contributed by atoms with Crippen LogP contribution in [0.15, 0.2) is 16.8 Å². The molecule has 1 unspecified atom stereocenters. The van der Waals surface area contributed by atoms with Gasteiger partial charge in [0, 0.05) is 13.2 Å². The Hall–Kier alpha value is -1.69. The number of nitrogens with one attached hydrogen (secondary N) is 1. The molecule has 0 amide bonds. The molecule has 0 aromatic carbocycles. The predicted octanol–water partition coefficient (Wildman–Crippen LogP) is 1.67. The molecule has 1 N–H and O–H groups in total. The summed E-state index contributed by atoms with van der Waals surface area (Å²) in [4.78, 5) is 4.44. The van der Waals surface area contributed by atoms with E-state index in [1.54, 1.807) is 4.68 Å². The molecular formula is C12H17N5O. The molecule has 0 bridgehead atoms. The largest absolute Gasteiger partial charge is 0.332 e. The summed E-state index contributed by atoms with van der Waals surface area (Å²) in [6.45, 7) is 1.03. The first-order chi connectivity index (χ1) is 8.83. The number of aromatic nitrogens is 4. The fourth-order valence-electron chi connectivity index (χ4n) is 2.26. The standard InChI is InChI=1S/C12H17N5O/c1-17-8-6-10(15-17)12-14-11(16-18-12)9-5-3-2-4-7-13-9/h6,8-9,13H,2-5,7H2,1H3. The molecule has 6 nitrogen and oxygen atoms in total. The van der Waals surface area contributed by atoms with Gasteiger partial charge in [0.25, 0.3) is 5.89 Å². The van der Waals surface area contributed by atoms with Gasteiger partial charge in [0.1, 0.15) is 0 Å². The van der Waals surface area contributed by atoms with Crippen LogP contribution in [0.2, 0.25) is 0 Å². The molecule has 1 aliphatic heterocycles. The molecule has 0 aliphatic carbocycles. The fraction of sp³-hybridized carbons (Fsp3) is 0.583. The monoisotopic (exact) mass is 247 g/mol. The third-order valence-electron chi connectivity index (χ3n) is 3.25. The molecule has 0 saturated carbocycles. The minimum absolute atomic E-state index is 0.216. The molecule has 6 heteroatoms. The lowest BCUT2D eigenvalue weighted by Gasteiger charge is -2.09. The average molecular weight is 247 g/mol. The van der Waals surface area contributed by atoms with Crippen LogP contribution in [0.5, 0.6) is 0 Å². The van der Waals surface area contributed by atoms with E-state index < -0.39 is 0 Å². The maximum absolute atomic E-state index is 5.28. The second kappa shape index (κ2) is 4.89. The van der Waals surface area contributed by atoms with Crippen LogP contribution in [0.4, 0.5) is 0 Å². The molecule has 0 spiro atoms. The van der Waals surface area contributed by atoms with Gasteiger partial charge in [-0.2, -0.15) is 10.1 Å². The normalized spacial score (nSPS) is 20.8. The van der Waals surface area contributed by atoms with Gasteiger partial charge in [-0.25, -0.2) is 0 Å². The van der Waals surface area contributed by atoms with Crippen LogP contribution in [0, 0.1) is 0 Å². The lowest BCUT2D eigenvalue weighted by atomic mass is 10.1.